The number of amides is 1. The maximum atomic E-state index is 11.5. The van der Waals surface area contributed by atoms with Crippen LogP contribution in [0, 0.1) is 0 Å². The van der Waals surface area contributed by atoms with Crippen LogP contribution in [-0.2, 0) is 9.53 Å². The molecule has 1 atom stereocenters. The topological polar surface area (TPSA) is 41.6 Å². The minimum absolute atomic E-state index is 0.0329. The molecule has 0 saturated heterocycles. The lowest BCUT2D eigenvalue weighted by molar-refractivity contribution is -0.121. The lowest BCUT2D eigenvalue weighted by Crippen LogP contribution is -2.35. The van der Waals surface area contributed by atoms with E-state index in [1.54, 1.807) is 0 Å². The molecule has 1 N–H and O–H groups in total. The Labute approximate surface area is 95.9 Å². The highest BCUT2D eigenvalue weighted by Gasteiger charge is 2.21. The van der Waals surface area contributed by atoms with Crippen molar-refractivity contribution in [2.45, 2.75) is 32.2 Å². The summed E-state index contributed by atoms with van der Waals surface area (Å²) < 4.78 is 5.57. The SMILES string of the molecule is C[C@H]1NC(=O)CCCC=C1C1=CN(C)CO1. The van der Waals surface area contributed by atoms with Crippen LogP contribution in [0.4, 0.5) is 0 Å². The standard InChI is InChI=1S/C12H18N2O2/c1-9-10(11-7-14(2)8-16-11)5-3-4-6-12(15)13-9/h5,7,9H,3-4,6,8H2,1-2H3,(H,13,15)/t9-/m1/s1. The smallest absolute Gasteiger partial charge is 0.220 e. The molecule has 0 aromatic carbocycles. The number of ether oxygens (including phenoxy) is 1. The number of hydrogen-bond acceptors (Lipinski definition) is 3. The van der Waals surface area contributed by atoms with E-state index in [2.05, 4.69) is 11.4 Å². The number of hydrogen-bond donors (Lipinski definition) is 1. The van der Waals surface area contributed by atoms with Crippen molar-refractivity contribution in [3.8, 4) is 0 Å². The largest absolute Gasteiger partial charge is 0.471 e. The molecule has 0 aliphatic carbocycles. The van der Waals surface area contributed by atoms with Crippen molar-refractivity contribution in [1.29, 1.82) is 0 Å². The molecule has 4 heteroatoms. The fraction of sp³-hybridized carbons (Fsp3) is 0.583. The van der Waals surface area contributed by atoms with Gasteiger partial charge < -0.3 is 15.0 Å². The molecule has 0 bridgehead atoms. The third-order valence-electron chi connectivity index (χ3n) is 2.86. The molecule has 0 aromatic rings. The summed E-state index contributed by atoms with van der Waals surface area (Å²) >= 11 is 0. The first kappa shape index (κ1) is 11.0. The van der Waals surface area contributed by atoms with Crippen LogP contribution in [-0.4, -0.2) is 30.6 Å². The van der Waals surface area contributed by atoms with E-state index in [1.165, 1.54) is 0 Å². The van der Waals surface area contributed by atoms with Gasteiger partial charge in [-0.1, -0.05) is 6.08 Å². The van der Waals surface area contributed by atoms with Gasteiger partial charge >= 0.3 is 0 Å². The Morgan fingerprint density at radius 3 is 3.06 bits per heavy atom. The minimum atomic E-state index is 0.0329. The average Bonchev–Trinajstić information content (AvgIpc) is 2.61. The van der Waals surface area contributed by atoms with Gasteiger partial charge in [-0.15, -0.1) is 0 Å². The average molecular weight is 222 g/mol. The van der Waals surface area contributed by atoms with Gasteiger partial charge in [0.1, 0.15) is 5.76 Å². The molecule has 0 saturated carbocycles. The van der Waals surface area contributed by atoms with Crippen LogP contribution in [0.25, 0.3) is 0 Å². The Kier molecular flexibility index (Phi) is 3.17. The predicted octanol–water partition coefficient (Wildman–Crippen LogP) is 1.36. The van der Waals surface area contributed by atoms with E-state index in [9.17, 15) is 4.79 Å². The van der Waals surface area contributed by atoms with Gasteiger partial charge in [0.25, 0.3) is 0 Å². The summed E-state index contributed by atoms with van der Waals surface area (Å²) in [5.74, 6) is 1.02. The van der Waals surface area contributed by atoms with Crippen LogP contribution in [0.1, 0.15) is 26.2 Å². The highest BCUT2D eigenvalue weighted by molar-refractivity contribution is 5.77. The predicted molar refractivity (Wildman–Crippen MR) is 61.3 cm³/mol. The number of carbonyl (C=O) groups is 1. The maximum Gasteiger partial charge on any atom is 0.220 e. The van der Waals surface area contributed by atoms with Crippen LogP contribution >= 0.6 is 0 Å². The molecule has 4 nitrogen and oxygen atoms in total. The second-order valence-corrected chi connectivity index (χ2v) is 4.36. The lowest BCUT2D eigenvalue weighted by Gasteiger charge is -2.20. The van der Waals surface area contributed by atoms with Crippen LogP contribution in [0.3, 0.4) is 0 Å². The third-order valence-corrected chi connectivity index (χ3v) is 2.86. The van der Waals surface area contributed by atoms with Gasteiger partial charge in [-0.3, -0.25) is 4.79 Å². The van der Waals surface area contributed by atoms with Crippen molar-refractivity contribution >= 4 is 5.91 Å². The first-order chi connectivity index (χ1) is 7.66. The zero-order valence-corrected chi connectivity index (χ0v) is 9.82. The Morgan fingerprint density at radius 2 is 2.38 bits per heavy atom. The van der Waals surface area contributed by atoms with Gasteiger partial charge in [0.2, 0.25) is 5.91 Å². The number of rotatable bonds is 1. The zero-order chi connectivity index (χ0) is 11.5. The fourth-order valence-corrected chi connectivity index (χ4v) is 2.01. The summed E-state index contributed by atoms with van der Waals surface area (Å²) in [6.07, 6.45) is 6.63. The summed E-state index contributed by atoms with van der Waals surface area (Å²) in [5, 5.41) is 2.98. The van der Waals surface area contributed by atoms with E-state index in [0.29, 0.717) is 13.2 Å². The molecule has 0 aromatic heterocycles. The van der Waals surface area contributed by atoms with E-state index < -0.39 is 0 Å². The Balaban J connectivity index is 2.17. The Bertz CT molecular complexity index is 347. The van der Waals surface area contributed by atoms with Crippen molar-refractivity contribution in [1.82, 2.24) is 10.2 Å². The summed E-state index contributed by atoms with van der Waals surface area (Å²) in [7, 11) is 1.97. The van der Waals surface area contributed by atoms with Crippen LogP contribution < -0.4 is 5.32 Å². The van der Waals surface area contributed by atoms with Gasteiger partial charge in [-0.25, -0.2) is 0 Å². The number of nitrogens with zero attached hydrogens (tertiary/aromatic N) is 1. The highest BCUT2D eigenvalue weighted by Crippen LogP contribution is 2.23. The first-order valence-corrected chi connectivity index (χ1v) is 5.71. The number of allylic oxidation sites excluding steroid dienone is 1. The third kappa shape index (κ3) is 2.38. The maximum absolute atomic E-state index is 11.5. The van der Waals surface area contributed by atoms with Crippen molar-refractivity contribution < 1.29 is 9.53 Å². The summed E-state index contributed by atoms with van der Waals surface area (Å²) in [4.78, 5) is 13.5. The first-order valence-electron chi connectivity index (χ1n) is 5.71. The van der Waals surface area contributed by atoms with Crippen LogP contribution in [0.15, 0.2) is 23.6 Å². The minimum Gasteiger partial charge on any atom is -0.471 e. The molecule has 2 aliphatic rings. The Morgan fingerprint density at radius 1 is 1.56 bits per heavy atom. The van der Waals surface area contributed by atoms with E-state index in [1.807, 2.05) is 25.1 Å². The van der Waals surface area contributed by atoms with E-state index >= 15 is 0 Å². The molecule has 0 fully saturated rings. The molecule has 0 radical (unpaired) electrons. The molecule has 0 spiro atoms. The number of carbonyl (C=O) groups excluding carboxylic acids is 1. The fourth-order valence-electron chi connectivity index (χ4n) is 2.01. The summed E-state index contributed by atoms with van der Waals surface area (Å²) in [6, 6.07) is 0.0329. The van der Waals surface area contributed by atoms with Gasteiger partial charge in [-0.2, -0.15) is 0 Å². The second-order valence-electron chi connectivity index (χ2n) is 4.36. The Hall–Kier alpha value is -1.45. The molecule has 2 heterocycles. The van der Waals surface area contributed by atoms with Crippen molar-refractivity contribution in [3.63, 3.8) is 0 Å². The van der Waals surface area contributed by atoms with Crippen LogP contribution in [0.5, 0.6) is 0 Å². The molecule has 0 unspecified atom stereocenters. The monoisotopic (exact) mass is 222 g/mol. The summed E-state index contributed by atoms with van der Waals surface area (Å²) in [6.45, 7) is 2.59. The molecule has 1 amide bonds. The zero-order valence-electron chi connectivity index (χ0n) is 9.82. The van der Waals surface area contributed by atoms with Crippen molar-refractivity contribution in [2.75, 3.05) is 13.8 Å². The molecule has 88 valence electrons. The van der Waals surface area contributed by atoms with Crippen molar-refractivity contribution in [2.24, 2.45) is 0 Å². The molecular formula is C12H18N2O2. The molecular weight excluding hydrogens is 204 g/mol. The summed E-state index contributed by atoms with van der Waals surface area (Å²) in [5.41, 5.74) is 1.09. The van der Waals surface area contributed by atoms with Gasteiger partial charge in [-0.05, 0) is 19.8 Å². The normalized spacial score (nSPS) is 26.2. The van der Waals surface area contributed by atoms with Gasteiger partial charge in [0, 0.05) is 25.2 Å². The second kappa shape index (κ2) is 4.60. The van der Waals surface area contributed by atoms with Gasteiger partial charge in [0.15, 0.2) is 6.73 Å². The lowest BCUT2D eigenvalue weighted by atomic mass is 10.0. The van der Waals surface area contributed by atoms with E-state index in [-0.39, 0.29) is 11.9 Å². The van der Waals surface area contributed by atoms with E-state index in [0.717, 1.165) is 24.2 Å². The molecule has 2 rings (SSSR count). The van der Waals surface area contributed by atoms with Crippen LogP contribution in [0.2, 0.25) is 0 Å². The van der Waals surface area contributed by atoms with Crippen molar-refractivity contribution in [3.05, 3.63) is 23.6 Å². The van der Waals surface area contributed by atoms with E-state index in [4.69, 9.17) is 4.74 Å². The van der Waals surface area contributed by atoms with Gasteiger partial charge in [0.05, 0.1) is 6.04 Å². The quantitative estimate of drug-likeness (QED) is 0.728. The molecule has 16 heavy (non-hydrogen) atoms. The number of nitrogens with one attached hydrogen (secondary N) is 1. The highest BCUT2D eigenvalue weighted by atomic mass is 16.5. The molecule has 2 aliphatic heterocycles.